The second-order valence-corrected chi connectivity index (χ2v) is 10.7. The van der Waals surface area contributed by atoms with Crippen molar-refractivity contribution in [1.82, 2.24) is 10.2 Å². The molecule has 0 radical (unpaired) electrons. The Kier molecular flexibility index (Phi) is 8.03. The molecule has 9 heteroatoms. The Morgan fingerprint density at radius 2 is 2.03 bits per heavy atom. The number of carbonyl (C=O) groups is 1. The van der Waals surface area contributed by atoms with Crippen LogP contribution >= 0.6 is 11.3 Å². The number of rotatable bonds is 6. The third-order valence-electron chi connectivity index (χ3n) is 6.26. The van der Waals surface area contributed by atoms with E-state index in [4.69, 9.17) is 11.0 Å². The number of nitrogen functional groups attached to an aromatic ring is 1. The van der Waals surface area contributed by atoms with Crippen molar-refractivity contribution in [3.05, 3.63) is 64.3 Å². The molecule has 7 nitrogen and oxygen atoms in total. The molecule has 4 N–H and O–H groups in total. The van der Waals surface area contributed by atoms with Gasteiger partial charge in [0, 0.05) is 47.5 Å². The highest BCUT2D eigenvalue weighted by atomic mass is 32.1. The highest BCUT2D eigenvalue weighted by Gasteiger charge is 2.23. The molecule has 1 aliphatic rings. The molecule has 192 valence electrons. The van der Waals surface area contributed by atoms with Crippen LogP contribution in [0.1, 0.15) is 41.1 Å². The molecule has 3 aromatic rings. The second kappa shape index (κ2) is 11.2. The molecular formula is C28H30FN5O2S. The number of nitriles is 1. The maximum absolute atomic E-state index is 14.6. The molecule has 2 aromatic carbocycles. The van der Waals surface area contributed by atoms with E-state index in [1.807, 2.05) is 36.9 Å². The number of hydrogen-bond donors (Lipinski definition) is 3. The zero-order valence-electron chi connectivity index (χ0n) is 20.9. The van der Waals surface area contributed by atoms with Crippen LogP contribution in [0.2, 0.25) is 0 Å². The van der Waals surface area contributed by atoms with E-state index < -0.39 is 11.4 Å². The Balaban J connectivity index is 1.81. The highest BCUT2D eigenvalue weighted by Crippen LogP contribution is 2.41. The molecule has 0 atom stereocenters. The molecule has 2 heterocycles. The third kappa shape index (κ3) is 6.05. The predicted molar refractivity (Wildman–Crippen MR) is 146 cm³/mol. The van der Waals surface area contributed by atoms with Crippen LogP contribution in [0.15, 0.2) is 47.5 Å². The van der Waals surface area contributed by atoms with Crippen molar-refractivity contribution >= 4 is 29.1 Å². The molecule has 1 aromatic heterocycles. The Hall–Kier alpha value is -3.58. The summed E-state index contributed by atoms with van der Waals surface area (Å²) in [5.74, 6) is -0.669. The summed E-state index contributed by atoms with van der Waals surface area (Å²) in [6.07, 6.45) is 2.52. The van der Waals surface area contributed by atoms with Gasteiger partial charge in [0.25, 0.3) is 5.91 Å². The summed E-state index contributed by atoms with van der Waals surface area (Å²) < 4.78 is 14.6. The van der Waals surface area contributed by atoms with Gasteiger partial charge in [-0.25, -0.2) is 4.39 Å². The van der Waals surface area contributed by atoms with Crippen molar-refractivity contribution in [1.29, 1.82) is 5.26 Å². The zero-order chi connectivity index (χ0) is 26.6. The zero-order valence-corrected chi connectivity index (χ0v) is 21.7. The summed E-state index contributed by atoms with van der Waals surface area (Å²) in [6.45, 7) is 6.42. The molecule has 1 aliphatic heterocycles. The number of nitrogens with two attached hydrogens (primary N) is 1. The van der Waals surface area contributed by atoms with Gasteiger partial charge >= 0.3 is 0 Å². The minimum absolute atomic E-state index is 0.0358. The van der Waals surface area contributed by atoms with Gasteiger partial charge in [-0.3, -0.25) is 9.79 Å². The van der Waals surface area contributed by atoms with Gasteiger partial charge in [-0.15, -0.1) is 11.3 Å². The monoisotopic (exact) mass is 519 g/mol. The molecule has 0 saturated carbocycles. The van der Waals surface area contributed by atoms with Gasteiger partial charge in [-0.1, -0.05) is 12.1 Å². The van der Waals surface area contributed by atoms with E-state index in [0.29, 0.717) is 40.3 Å². The number of anilines is 1. The van der Waals surface area contributed by atoms with Crippen LogP contribution in [0.4, 0.5) is 10.1 Å². The Labute approximate surface area is 220 Å². The van der Waals surface area contributed by atoms with E-state index in [1.54, 1.807) is 24.4 Å². The van der Waals surface area contributed by atoms with E-state index in [9.17, 15) is 14.3 Å². The maximum Gasteiger partial charge on any atom is 0.264 e. The number of nitrogens with one attached hydrogen (secondary N) is 1. The normalized spacial score (nSPS) is 14.5. The van der Waals surface area contributed by atoms with Crippen LogP contribution in [0.3, 0.4) is 0 Å². The molecule has 4 rings (SSSR count). The van der Waals surface area contributed by atoms with Crippen LogP contribution in [-0.4, -0.2) is 60.5 Å². The topological polar surface area (TPSA) is 115 Å². The first-order valence-electron chi connectivity index (χ1n) is 12.1. The number of nitrogens with zero attached hydrogens (tertiary/aromatic N) is 3. The minimum Gasteiger partial charge on any atom is -0.398 e. The summed E-state index contributed by atoms with van der Waals surface area (Å²) in [4.78, 5) is 21.1. The van der Waals surface area contributed by atoms with Crippen LogP contribution in [-0.2, 0) is 0 Å². The van der Waals surface area contributed by atoms with Crippen molar-refractivity contribution in [2.45, 2.75) is 25.8 Å². The van der Waals surface area contributed by atoms with E-state index in [-0.39, 0.29) is 18.1 Å². The van der Waals surface area contributed by atoms with E-state index >= 15 is 0 Å². The van der Waals surface area contributed by atoms with Crippen LogP contribution < -0.4 is 11.1 Å². The lowest BCUT2D eigenvalue weighted by atomic mass is 9.99. The molecule has 37 heavy (non-hydrogen) atoms. The minimum atomic E-state index is -0.655. The second-order valence-electron chi connectivity index (χ2n) is 9.63. The molecule has 0 unspecified atom stereocenters. The van der Waals surface area contributed by atoms with Crippen LogP contribution in [0.25, 0.3) is 21.6 Å². The molecule has 0 aliphatic carbocycles. The average molecular weight is 520 g/mol. The van der Waals surface area contributed by atoms with Crippen LogP contribution in [0.5, 0.6) is 0 Å². The third-order valence-corrected chi connectivity index (χ3v) is 7.43. The lowest BCUT2D eigenvalue weighted by Crippen LogP contribution is -2.33. The molecular weight excluding hydrogens is 489 g/mol. The van der Waals surface area contributed by atoms with E-state index in [2.05, 4.69) is 10.3 Å². The fourth-order valence-electron chi connectivity index (χ4n) is 4.02. The van der Waals surface area contributed by atoms with Gasteiger partial charge in [-0.05, 0) is 68.3 Å². The van der Waals surface area contributed by atoms with Crippen molar-refractivity contribution in [2.24, 2.45) is 4.99 Å². The number of aliphatic hydroxyl groups is 1. The first-order valence-corrected chi connectivity index (χ1v) is 12.9. The molecule has 0 spiro atoms. The first-order chi connectivity index (χ1) is 17.7. The number of aliphatic hydroxyl groups excluding tert-OH is 1. The summed E-state index contributed by atoms with van der Waals surface area (Å²) in [6, 6.07) is 13.7. The van der Waals surface area contributed by atoms with Crippen LogP contribution in [0, 0.1) is 17.1 Å². The van der Waals surface area contributed by atoms with E-state index in [0.717, 1.165) is 30.0 Å². The number of amides is 1. The molecule has 1 amide bonds. The van der Waals surface area contributed by atoms with Gasteiger partial charge < -0.3 is 21.1 Å². The van der Waals surface area contributed by atoms with Crippen molar-refractivity contribution < 1.29 is 14.3 Å². The summed E-state index contributed by atoms with van der Waals surface area (Å²) in [7, 11) is 0. The van der Waals surface area contributed by atoms with Gasteiger partial charge in [0.2, 0.25) is 0 Å². The smallest absolute Gasteiger partial charge is 0.264 e. The fourth-order valence-corrected chi connectivity index (χ4v) is 5.16. The molecule has 0 bridgehead atoms. The Morgan fingerprint density at radius 1 is 1.24 bits per heavy atom. The Bertz CT molecular complexity index is 1370. The highest BCUT2D eigenvalue weighted by molar-refractivity contribution is 7.18. The molecule has 1 fully saturated rings. The average Bonchev–Trinajstić information content (AvgIpc) is 3.15. The summed E-state index contributed by atoms with van der Waals surface area (Å²) in [5.41, 5.74) is 8.80. The number of benzene rings is 2. The quantitative estimate of drug-likeness (QED) is 0.332. The first kappa shape index (κ1) is 26.5. The number of halogens is 1. The van der Waals surface area contributed by atoms with Crippen molar-refractivity contribution in [2.75, 3.05) is 38.5 Å². The van der Waals surface area contributed by atoms with Gasteiger partial charge in [0.05, 0.1) is 22.6 Å². The number of aliphatic imine (C=N–C) groups is 1. The number of thiophene rings is 1. The predicted octanol–water partition coefficient (Wildman–Crippen LogP) is 4.30. The number of carbonyl (C=O) groups excluding carboxylic acids is 1. The largest absolute Gasteiger partial charge is 0.398 e. The maximum atomic E-state index is 14.6. The SMILES string of the molecule is CC(C)(CO)N=Cc1cc(-c2sc(C(=O)N3CCCNCC3)cc2-c2ccc(C#N)c(F)c2)ccc1N. The van der Waals surface area contributed by atoms with Crippen molar-refractivity contribution in [3.63, 3.8) is 0 Å². The van der Waals surface area contributed by atoms with Gasteiger partial charge in [-0.2, -0.15) is 5.26 Å². The van der Waals surface area contributed by atoms with Gasteiger partial charge in [0.1, 0.15) is 11.9 Å². The number of hydrogen-bond acceptors (Lipinski definition) is 7. The fraction of sp³-hybridized carbons (Fsp3) is 0.321. The Morgan fingerprint density at radius 3 is 2.76 bits per heavy atom. The summed E-state index contributed by atoms with van der Waals surface area (Å²) >= 11 is 1.35. The lowest BCUT2D eigenvalue weighted by molar-refractivity contribution is 0.0771. The molecule has 1 saturated heterocycles. The summed E-state index contributed by atoms with van der Waals surface area (Å²) in [5, 5.41) is 22.0. The van der Waals surface area contributed by atoms with Gasteiger partial charge in [0.15, 0.2) is 0 Å². The van der Waals surface area contributed by atoms with E-state index in [1.165, 1.54) is 23.5 Å². The van der Waals surface area contributed by atoms with Crippen molar-refractivity contribution in [3.8, 4) is 27.6 Å². The lowest BCUT2D eigenvalue weighted by Gasteiger charge is -2.18. The standard InChI is InChI=1S/C28H30FN5O2S/c1-28(2,17-35)33-16-21-12-19(6-7-24(21)31)26-22(18-4-5-20(15-30)23(29)13-18)14-25(37-26)27(36)34-10-3-8-32-9-11-34/h4-7,12-14,16,32,35H,3,8-11,17,31H2,1-2H3.